The Bertz CT molecular complexity index is 3530. The molecule has 51 heavy (non-hydrogen) atoms. The van der Waals surface area contributed by atoms with Crippen molar-refractivity contribution in [3.8, 4) is 33.6 Å². The van der Waals surface area contributed by atoms with Crippen molar-refractivity contribution in [2.24, 2.45) is 0 Å². The second-order valence-corrected chi connectivity index (χ2v) is 12.7. The SMILES string of the molecule is [2H]c1c([2H])c([2H])c2c(c1[2H])c1c([2H])c([2H])c([2H])c([2H])c1n2-c1ccc2c(c1)c1ccccc1n2-c1cccc2oc3c(-c4cccc(-c5ccccc5)c4)cccc3c12. The van der Waals surface area contributed by atoms with Crippen molar-refractivity contribution >= 4 is 65.6 Å². The molecule has 3 aromatic heterocycles. The molecular weight excluding hydrogens is 621 g/mol. The van der Waals surface area contributed by atoms with Crippen LogP contribution < -0.4 is 0 Å². The van der Waals surface area contributed by atoms with Crippen LogP contribution in [0, 0.1) is 0 Å². The lowest BCUT2D eigenvalue weighted by Gasteiger charge is -2.11. The molecule has 0 spiro atoms. The van der Waals surface area contributed by atoms with Crippen LogP contribution >= 0.6 is 0 Å². The minimum Gasteiger partial charge on any atom is -0.455 e. The molecule has 3 nitrogen and oxygen atoms in total. The third-order valence-corrected chi connectivity index (χ3v) is 9.97. The summed E-state index contributed by atoms with van der Waals surface area (Å²) in [7, 11) is 0. The minimum atomic E-state index is -0.471. The molecule has 0 saturated heterocycles. The highest BCUT2D eigenvalue weighted by Gasteiger charge is 2.20. The lowest BCUT2D eigenvalue weighted by Crippen LogP contribution is -1.96. The maximum atomic E-state index is 9.01. The standard InChI is InChI=1S/C48H30N2O/c1-2-13-31(14-3-1)32-15-10-16-33(29-32)35-20-11-21-39-47-45(25-12-26-46(47)51-48(35)39)50-43-24-9-6-19-38(43)40-30-34(27-28-44(40)50)49-41-22-7-4-17-36(41)37-18-5-8-23-42(37)49/h1-30H/i4D,5D,7D,8D,17D,18D,22D,23D. The van der Waals surface area contributed by atoms with Crippen molar-refractivity contribution in [1.29, 1.82) is 0 Å². The van der Waals surface area contributed by atoms with Crippen LogP contribution in [0.1, 0.15) is 11.0 Å². The summed E-state index contributed by atoms with van der Waals surface area (Å²) in [4.78, 5) is 0. The zero-order chi connectivity index (χ0) is 40.4. The van der Waals surface area contributed by atoms with Crippen molar-refractivity contribution in [1.82, 2.24) is 9.13 Å². The average Bonchev–Trinajstić information content (AvgIpc) is 3.95. The average molecular weight is 659 g/mol. The Kier molecular flexibility index (Phi) is 4.52. The summed E-state index contributed by atoms with van der Waals surface area (Å²) in [6, 6.07) is 41.6. The van der Waals surface area contributed by atoms with Gasteiger partial charge in [0, 0.05) is 38.2 Å². The van der Waals surface area contributed by atoms with Crippen molar-refractivity contribution in [3.63, 3.8) is 0 Å². The molecule has 0 saturated carbocycles. The Hall–Kier alpha value is -6.84. The summed E-state index contributed by atoms with van der Waals surface area (Å²) in [5.74, 6) is 0. The molecule has 3 heterocycles. The quantitative estimate of drug-likeness (QED) is 0.185. The van der Waals surface area contributed by atoms with E-state index in [1.54, 1.807) is 4.57 Å². The smallest absolute Gasteiger partial charge is 0.143 e. The predicted molar refractivity (Wildman–Crippen MR) is 213 cm³/mol. The maximum Gasteiger partial charge on any atom is 0.143 e. The molecule has 0 atom stereocenters. The van der Waals surface area contributed by atoms with Gasteiger partial charge in [0.15, 0.2) is 0 Å². The molecule has 0 aliphatic rings. The van der Waals surface area contributed by atoms with E-state index >= 15 is 0 Å². The Morgan fingerprint density at radius 2 is 1.10 bits per heavy atom. The van der Waals surface area contributed by atoms with Gasteiger partial charge in [-0.2, -0.15) is 0 Å². The Balaban J connectivity index is 1.17. The molecule has 0 radical (unpaired) electrons. The lowest BCUT2D eigenvalue weighted by atomic mass is 9.97. The number of fused-ring (bicyclic) bond motifs is 9. The molecule has 0 aliphatic heterocycles. The van der Waals surface area contributed by atoms with Gasteiger partial charge in [0.2, 0.25) is 0 Å². The van der Waals surface area contributed by atoms with Gasteiger partial charge in [-0.05, 0) is 71.2 Å². The molecule has 0 unspecified atom stereocenters. The molecule has 8 aromatic carbocycles. The van der Waals surface area contributed by atoms with Gasteiger partial charge in [-0.15, -0.1) is 0 Å². The van der Waals surface area contributed by atoms with Crippen LogP contribution in [0.15, 0.2) is 186 Å². The van der Waals surface area contributed by atoms with Gasteiger partial charge >= 0.3 is 0 Å². The summed E-state index contributed by atoms with van der Waals surface area (Å²) in [5, 5.41) is 3.78. The number of furan rings is 1. The van der Waals surface area contributed by atoms with Crippen LogP contribution in [-0.2, 0) is 0 Å². The highest BCUT2D eigenvalue weighted by atomic mass is 16.3. The predicted octanol–water partition coefficient (Wildman–Crippen LogP) is 13.1. The summed E-state index contributed by atoms with van der Waals surface area (Å²) in [6.45, 7) is 0. The number of rotatable bonds is 4. The van der Waals surface area contributed by atoms with E-state index in [4.69, 9.17) is 15.4 Å². The van der Waals surface area contributed by atoms with Crippen molar-refractivity contribution in [2.45, 2.75) is 0 Å². The van der Waals surface area contributed by atoms with Crippen LogP contribution in [0.4, 0.5) is 0 Å². The first kappa shape index (κ1) is 21.3. The molecule has 3 heteroatoms. The molecule has 0 aliphatic carbocycles. The van der Waals surface area contributed by atoms with E-state index in [0.717, 1.165) is 71.7 Å². The molecule has 0 bridgehead atoms. The van der Waals surface area contributed by atoms with E-state index in [-0.39, 0.29) is 46.0 Å². The maximum absolute atomic E-state index is 9.01. The van der Waals surface area contributed by atoms with E-state index in [1.165, 1.54) is 0 Å². The van der Waals surface area contributed by atoms with Gasteiger partial charge in [-0.3, -0.25) is 0 Å². The number of para-hydroxylation sites is 4. The minimum absolute atomic E-state index is 0.0465. The lowest BCUT2D eigenvalue weighted by molar-refractivity contribution is 0.670. The second-order valence-electron chi connectivity index (χ2n) is 12.7. The molecule has 11 aromatic rings. The van der Waals surface area contributed by atoms with Crippen LogP contribution in [0.3, 0.4) is 0 Å². The molecule has 0 N–H and O–H groups in total. The Morgan fingerprint density at radius 1 is 0.431 bits per heavy atom. The van der Waals surface area contributed by atoms with Crippen LogP contribution in [0.25, 0.3) is 99.2 Å². The Morgan fingerprint density at radius 3 is 1.94 bits per heavy atom. The summed E-state index contributed by atoms with van der Waals surface area (Å²) in [6.07, 6.45) is 0. The van der Waals surface area contributed by atoms with Crippen LogP contribution in [-0.4, -0.2) is 9.13 Å². The number of aromatic nitrogens is 2. The zero-order valence-electron chi connectivity index (χ0n) is 35.0. The summed E-state index contributed by atoms with van der Waals surface area (Å²) in [5.41, 5.74) is 9.16. The van der Waals surface area contributed by atoms with Crippen LogP contribution in [0.5, 0.6) is 0 Å². The fraction of sp³-hybridized carbons (Fsp3) is 0. The van der Waals surface area contributed by atoms with E-state index < -0.39 is 24.2 Å². The van der Waals surface area contributed by atoms with Gasteiger partial charge in [0.25, 0.3) is 0 Å². The van der Waals surface area contributed by atoms with Gasteiger partial charge in [0.1, 0.15) is 11.2 Å². The third kappa shape index (κ3) is 4.12. The highest BCUT2D eigenvalue weighted by molar-refractivity contribution is 6.17. The Labute approximate surface area is 305 Å². The largest absolute Gasteiger partial charge is 0.455 e. The van der Waals surface area contributed by atoms with E-state index in [1.807, 2.05) is 66.7 Å². The topological polar surface area (TPSA) is 23.0 Å². The number of nitrogens with zero attached hydrogens (tertiary/aromatic N) is 2. The van der Waals surface area contributed by atoms with Gasteiger partial charge in [0.05, 0.1) is 44.1 Å². The van der Waals surface area contributed by atoms with Gasteiger partial charge in [-0.25, -0.2) is 0 Å². The fourth-order valence-corrected chi connectivity index (χ4v) is 7.78. The third-order valence-electron chi connectivity index (χ3n) is 9.97. The molecule has 11 rings (SSSR count). The first-order valence-corrected chi connectivity index (χ1v) is 16.8. The highest BCUT2D eigenvalue weighted by Crippen LogP contribution is 2.42. The first-order chi connectivity index (χ1) is 28.6. The zero-order valence-corrected chi connectivity index (χ0v) is 27.0. The monoisotopic (exact) mass is 658 g/mol. The number of hydrogen-bond acceptors (Lipinski definition) is 1. The second kappa shape index (κ2) is 10.8. The van der Waals surface area contributed by atoms with Crippen molar-refractivity contribution in [3.05, 3.63) is 182 Å². The van der Waals surface area contributed by atoms with E-state index in [9.17, 15) is 0 Å². The van der Waals surface area contributed by atoms with E-state index in [0.29, 0.717) is 5.69 Å². The van der Waals surface area contributed by atoms with Gasteiger partial charge in [-0.1, -0.05) is 127 Å². The summed E-state index contributed by atoms with van der Waals surface area (Å²) >= 11 is 0. The normalized spacial score (nSPS) is 14.1. The van der Waals surface area contributed by atoms with Crippen molar-refractivity contribution in [2.75, 3.05) is 0 Å². The first-order valence-electron chi connectivity index (χ1n) is 20.8. The molecule has 0 fully saturated rings. The number of benzene rings is 8. The fourth-order valence-electron chi connectivity index (χ4n) is 7.78. The van der Waals surface area contributed by atoms with Crippen molar-refractivity contribution < 1.29 is 15.4 Å². The van der Waals surface area contributed by atoms with E-state index in [2.05, 4.69) is 71.3 Å². The van der Waals surface area contributed by atoms with Gasteiger partial charge < -0.3 is 13.6 Å². The number of hydrogen-bond donors (Lipinski definition) is 0. The molecule has 238 valence electrons. The molecular formula is C48H30N2O. The molecule has 0 amide bonds. The summed E-state index contributed by atoms with van der Waals surface area (Å²) < 4.78 is 80.3. The van der Waals surface area contributed by atoms with Crippen LogP contribution in [0.2, 0.25) is 0 Å².